The lowest BCUT2D eigenvalue weighted by Crippen LogP contribution is -2.43. The van der Waals surface area contributed by atoms with Gasteiger partial charge in [-0.3, -0.25) is 4.90 Å². The smallest absolute Gasteiger partial charge is 0.123 e. The van der Waals surface area contributed by atoms with Gasteiger partial charge in [-0.15, -0.1) is 0 Å². The third kappa shape index (κ3) is 3.65. The summed E-state index contributed by atoms with van der Waals surface area (Å²) in [4.78, 5) is 2.38. The molecule has 0 aliphatic carbocycles. The number of nitrogens with two attached hydrogens (primary N) is 1. The third-order valence-electron chi connectivity index (χ3n) is 3.93. The van der Waals surface area contributed by atoms with Crippen LogP contribution in [0.15, 0.2) is 24.3 Å². The van der Waals surface area contributed by atoms with Gasteiger partial charge in [0.15, 0.2) is 0 Å². The Hall–Kier alpha value is -0.710. The molecule has 19 heavy (non-hydrogen) atoms. The van der Waals surface area contributed by atoms with Gasteiger partial charge < -0.3 is 10.5 Å². The number of para-hydroxylation sites is 1. The molecule has 1 aromatic carbocycles. The molecule has 1 aliphatic rings. The Morgan fingerprint density at radius 3 is 2.89 bits per heavy atom. The molecule has 106 valence electrons. The van der Waals surface area contributed by atoms with Crippen LogP contribution in [0.5, 0.6) is 5.75 Å². The molecule has 4 heteroatoms. The van der Waals surface area contributed by atoms with Gasteiger partial charge in [0, 0.05) is 24.7 Å². The minimum atomic E-state index is 0.472. The maximum absolute atomic E-state index is 6.00. The van der Waals surface area contributed by atoms with E-state index >= 15 is 0 Å². The van der Waals surface area contributed by atoms with E-state index in [2.05, 4.69) is 35.8 Å². The first-order valence-electron chi connectivity index (χ1n) is 6.86. The molecule has 0 bridgehead atoms. The molecular weight excluding hydrogens is 256 g/mol. The quantitative estimate of drug-likeness (QED) is 0.867. The molecule has 0 saturated carbocycles. The largest absolute Gasteiger partial charge is 0.496 e. The van der Waals surface area contributed by atoms with Crippen LogP contribution in [0, 0.1) is 5.92 Å². The fourth-order valence-corrected chi connectivity index (χ4v) is 4.14. The summed E-state index contributed by atoms with van der Waals surface area (Å²) in [6, 6.07) is 8.70. The lowest BCUT2D eigenvalue weighted by Gasteiger charge is -2.31. The molecule has 0 radical (unpaired) electrons. The van der Waals surface area contributed by atoms with Crippen molar-refractivity contribution in [2.45, 2.75) is 19.0 Å². The number of benzene rings is 1. The van der Waals surface area contributed by atoms with Crippen LogP contribution in [-0.2, 0) is 6.54 Å². The Kier molecular flexibility index (Phi) is 5.55. The second-order valence-corrected chi connectivity index (χ2v) is 6.30. The molecule has 2 N–H and O–H groups in total. The fraction of sp³-hybridized carbons (Fsp3) is 0.600. The zero-order valence-corrected chi connectivity index (χ0v) is 12.7. The van der Waals surface area contributed by atoms with E-state index in [9.17, 15) is 0 Å². The molecule has 2 rings (SSSR count). The minimum absolute atomic E-state index is 0.472. The molecule has 3 nitrogen and oxygen atoms in total. The SMILES string of the molecule is COc1ccccc1CN(C)C(CN)C1CCSC1. The van der Waals surface area contributed by atoms with E-state index < -0.39 is 0 Å². The molecule has 1 fully saturated rings. The summed E-state index contributed by atoms with van der Waals surface area (Å²) < 4.78 is 5.42. The number of rotatable bonds is 6. The van der Waals surface area contributed by atoms with Crippen molar-refractivity contribution in [1.82, 2.24) is 4.90 Å². The van der Waals surface area contributed by atoms with Crippen LogP contribution in [0.2, 0.25) is 0 Å². The van der Waals surface area contributed by atoms with Crippen LogP contribution in [0.4, 0.5) is 0 Å². The van der Waals surface area contributed by atoms with Crippen molar-refractivity contribution in [3.8, 4) is 5.75 Å². The highest BCUT2D eigenvalue weighted by Gasteiger charge is 2.27. The number of methoxy groups -OCH3 is 1. The summed E-state index contributed by atoms with van der Waals surface area (Å²) >= 11 is 2.05. The van der Waals surface area contributed by atoms with E-state index in [1.807, 2.05) is 12.1 Å². The molecule has 1 aliphatic heterocycles. The maximum Gasteiger partial charge on any atom is 0.123 e. The number of hydrogen-bond acceptors (Lipinski definition) is 4. The first-order valence-corrected chi connectivity index (χ1v) is 8.01. The molecule has 2 unspecified atom stereocenters. The van der Waals surface area contributed by atoms with Gasteiger partial charge in [-0.05, 0) is 37.0 Å². The molecular formula is C15H24N2OS. The lowest BCUT2D eigenvalue weighted by molar-refractivity contribution is 0.182. The van der Waals surface area contributed by atoms with Gasteiger partial charge >= 0.3 is 0 Å². The van der Waals surface area contributed by atoms with Gasteiger partial charge in [0.1, 0.15) is 5.75 Å². The number of nitrogens with zero attached hydrogens (tertiary/aromatic N) is 1. The van der Waals surface area contributed by atoms with Crippen LogP contribution >= 0.6 is 11.8 Å². The van der Waals surface area contributed by atoms with Crippen molar-refractivity contribution < 1.29 is 4.74 Å². The Morgan fingerprint density at radius 2 is 2.26 bits per heavy atom. The summed E-state index contributed by atoms with van der Waals surface area (Å²) in [6.45, 7) is 1.63. The summed E-state index contributed by atoms with van der Waals surface area (Å²) in [6.07, 6.45) is 1.29. The highest BCUT2D eigenvalue weighted by atomic mass is 32.2. The average molecular weight is 280 g/mol. The van der Waals surface area contributed by atoms with E-state index in [0.29, 0.717) is 6.04 Å². The topological polar surface area (TPSA) is 38.5 Å². The zero-order chi connectivity index (χ0) is 13.7. The van der Waals surface area contributed by atoms with Crippen molar-refractivity contribution in [3.63, 3.8) is 0 Å². The Balaban J connectivity index is 2.03. The molecule has 0 aromatic heterocycles. The van der Waals surface area contributed by atoms with E-state index in [1.165, 1.54) is 23.5 Å². The Morgan fingerprint density at radius 1 is 1.47 bits per heavy atom. The molecule has 1 saturated heterocycles. The fourth-order valence-electron chi connectivity index (χ4n) is 2.81. The number of ether oxygens (including phenoxy) is 1. The van der Waals surface area contributed by atoms with E-state index in [4.69, 9.17) is 10.5 Å². The van der Waals surface area contributed by atoms with Crippen molar-refractivity contribution in [2.75, 3.05) is 32.2 Å². The van der Waals surface area contributed by atoms with Crippen LogP contribution in [0.1, 0.15) is 12.0 Å². The third-order valence-corrected chi connectivity index (χ3v) is 5.12. The van der Waals surface area contributed by atoms with Gasteiger partial charge in [-0.2, -0.15) is 11.8 Å². The summed E-state index contributed by atoms with van der Waals surface area (Å²) in [5, 5.41) is 0. The number of hydrogen-bond donors (Lipinski definition) is 1. The highest BCUT2D eigenvalue weighted by molar-refractivity contribution is 7.99. The summed E-state index contributed by atoms with van der Waals surface area (Å²) in [5.41, 5.74) is 7.23. The second-order valence-electron chi connectivity index (χ2n) is 5.15. The first-order chi connectivity index (χ1) is 9.26. The predicted molar refractivity (Wildman–Crippen MR) is 82.7 cm³/mol. The number of thioether (sulfide) groups is 1. The van der Waals surface area contributed by atoms with Crippen LogP contribution < -0.4 is 10.5 Å². The summed E-state index contributed by atoms with van der Waals surface area (Å²) in [7, 11) is 3.90. The maximum atomic E-state index is 6.00. The monoisotopic (exact) mass is 280 g/mol. The van der Waals surface area contributed by atoms with Gasteiger partial charge in [-0.1, -0.05) is 18.2 Å². The molecule has 0 spiro atoms. The molecule has 1 aromatic rings. The van der Waals surface area contributed by atoms with Gasteiger partial charge in [0.25, 0.3) is 0 Å². The lowest BCUT2D eigenvalue weighted by atomic mass is 9.97. The summed E-state index contributed by atoms with van der Waals surface area (Å²) in [5.74, 6) is 4.22. The van der Waals surface area contributed by atoms with Gasteiger partial charge in [-0.25, -0.2) is 0 Å². The van der Waals surface area contributed by atoms with Crippen LogP contribution in [0.3, 0.4) is 0 Å². The van der Waals surface area contributed by atoms with Crippen molar-refractivity contribution in [1.29, 1.82) is 0 Å². The molecule has 1 heterocycles. The molecule has 2 atom stereocenters. The van der Waals surface area contributed by atoms with Gasteiger partial charge in [0.05, 0.1) is 7.11 Å². The second kappa shape index (κ2) is 7.17. The van der Waals surface area contributed by atoms with E-state index in [0.717, 1.165) is 24.8 Å². The predicted octanol–water partition coefficient (Wildman–Crippen LogP) is 2.21. The van der Waals surface area contributed by atoms with Crippen LogP contribution in [-0.4, -0.2) is 43.1 Å². The average Bonchev–Trinajstić information content (AvgIpc) is 2.94. The molecule has 0 amide bonds. The zero-order valence-electron chi connectivity index (χ0n) is 11.8. The Bertz CT molecular complexity index is 393. The highest BCUT2D eigenvalue weighted by Crippen LogP contribution is 2.29. The Labute approximate surface area is 120 Å². The van der Waals surface area contributed by atoms with Crippen molar-refractivity contribution in [3.05, 3.63) is 29.8 Å². The first kappa shape index (κ1) is 14.7. The minimum Gasteiger partial charge on any atom is -0.496 e. The van der Waals surface area contributed by atoms with Gasteiger partial charge in [0.2, 0.25) is 0 Å². The van der Waals surface area contributed by atoms with Crippen molar-refractivity contribution >= 4 is 11.8 Å². The standard InChI is InChI=1S/C15H24N2OS/c1-17(14(9-16)13-7-8-19-11-13)10-12-5-3-4-6-15(12)18-2/h3-6,13-14H,7-11,16H2,1-2H3. The number of likely N-dealkylation sites (N-methyl/N-ethyl adjacent to an activating group) is 1. The van der Waals surface area contributed by atoms with Crippen molar-refractivity contribution in [2.24, 2.45) is 11.7 Å². The normalized spacial score (nSPS) is 20.7. The van der Waals surface area contributed by atoms with Crippen LogP contribution in [0.25, 0.3) is 0 Å². The van der Waals surface area contributed by atoms with E-state index in [1.54, 1.807) is 7.11 Å². The van der Waals surface area contributed by atoms with E-state index in [-0.39, 0.29) is 0 Å².